The number of aryl methyl sites for hydroxylation is 1. The van der Waals surface area contributed by atoms with E-state index in [9.17, 15) is 4.79 Å². The predicted molar refractivity (Wildman–Crippen MR) is 98.4 cm³/mol. The highest BCUT2D eigenvalue weighted by atomic mass is 16.1. The lowest BCUT2D eigenvalue weighted by Crippen LogP contribution is -2.12. The Labute approximate surface area is 140 Å². The fraction of sp³-hybridized carbons (Fsp3) is 0.0476. The van der Waals surface area contributed by atoms with Crippen LogP contribution < -0.4 is 5.32 Å². The van der Waals surface area contributed by atoms with Crippen molar-refractivity contribution in [2.45, 2.75) is 6.92 Å². The van der Waals surface area contributed by atoms with E-state index in [-0.39, 0.29) is 5.91 Å². The summed E-state index contributed by atoms with van der Waals surface area (Å²) in [6.45, 7) is 1.95. The minimum absolute atomic E-state index is 0.128. The van der Waals surface area contributed by atoms with Crippen LogP contribution in [0.25, 0.3) is 21.7 Å². The van der Waals surface area contributed by atoms with E-state index in [2.05, 4.69) is 10.3 Å². The summed E-state index contributed by atoms with van der Waals surface area (Å²) in [5.74, 6) is -0.128. The number of aromatic nitrogens is 1. The number of hydrogen-bond donors (Lipinski definition) is 1. The van der Waals surface area contributed by atoms with Gasteiger partial charge in [-0.3, -0.25) is 9.78 Å². The molecule has 3 nitrogen and oxygen atoms in total. The number of amides is 1. The van der Waals surface area contributed by atoms with Gasteiger partial charge in [0.15, 0.2) is 0 Å². The highest BCUT2D eigenvalue weighted by Crippen LogP contribution is 2.23. The molecule has 0 spiro atoms. The molecule has 0 aliphatic carbocycles. The number of anilines is 1. The van der Waals surface area contributed by atoms with E-state index in [1.165, 1.54) is 0 Å². The van der Waals surface area contributed by atoms with Crippen molar-refractivity contribution >= 4 is 33.3 Å². The lowest BCUT2D eigenvalue weighted by atomic mass is 10.1. The Hall–Kier alpha value is -3.20. The fourth-order valence-corrected chi connectivity index (χ4v) is 2.87. The van der Waals surface area contributed by atoms with Crippen LogP contribution >= 0.6 is 0 Å². The summed E-state index contributed by atoms with van der Waals surface area (Å²) in [6, 6.07) is 23.5. The number of fused-ring (bicyclic) bond motifs is 2. The van der Waals surface area contributed by atoms with Crippen molar-refractivity contribution in [3.8, 4) is 0 Å². The topological polar surface area (TPSA) is 42.0 Å². The zero-order valence-electron chi connectivity index (χ0n) is 13.3. The maximum Gasteiger partial charge on any atom is 0.255 e. The van der Waals surface area contributed by atoms with Crippen molar-refractivity contribution in [2.75, 3.05) is 5.32 Å². The van der Waals surface area contributed by atoms with Crippen molar-refractivity contribution < 1.29 is 4.79 Å². The van der Waals surface area contributed by atoms with Crippen LogP contribution in [0.1, 0.15) is 16.1 Å². The molecule has 0 atom stereocenters. The normalized spacial score (nSPS) is 10.9. The Morgan fingerprint density at radius 1 is 0.833 bits per heavy atom. The molecular formula is C21H16N2O. The van der Waals surface area contributed by atoms with Gasteiger partial charge in [-0.25, -0.2) is 0 Å². The van der Waals surface area contributed by atoms with Crippen LogP contribution in [0.3, 0.4) is 0 Å². The molecule has 116 valence electrons. The first-order chi connectivity index (χ1) is 11.7. The van der Waals surface area contributed by atoms with Gasteiger partial charge in [-0.1, -0.05) is 48.5 Å². The Bertz CT molecular complexity index is 1070. The van der Waals surface area contributed by atoms with Gasteiger partial charge in [0.1, 0.15) is 0 Å². The number of nitrogens with one attached hydrogen (secondary N) is 1. The average Bonchev–Trinajstić information content (AvgIpc) is 2.62. The van der Waals surface area contributed by atoms with Crippen molar-refractivity contribution in [1.82, 2.24) is 4.98 Å². The molecule has 3 aromatic carbocycles. The van der Waals surface area contributed by atoms with Crippen molar-refractivity contribution in [2.24, 2.45) is 0 Å². The van der Waals surface area contributed by atoms with Gasteiger partial charge >= 0.3 is 0 Å². The molecule has 0 radical (unpaired) electrons. The van der Waals surface area contributed by atoms with Crippen molar-refractivity contribution in [3.63, 3.8) is 0 Å². The summed E-state index contributed by atoms with van der Waals surface area (Å²) in [5, 5.41) is 6.18. The van der Waals surface area contributed by atoms with Gasteiger partial charge in [0.2, 0.25) is 0 Å². The summed E-state index contributed by atoms with van der Waals surface area (Å²) in [7, 11) is 0. The maximum atomic E-state index is 12.6. The molecule has 0 unspecified atom stereocenters. The van der Waals surface area contributed by atoms with E-state index in [0.29, 0.717) is 5.56 Å². The Morgan fingerprint density at radius 3 is 2.46 bits per heavy atom. The third kappa shape index (κ3) is 2.61. The monoisotopic (exact) mass is 312 g/mol. The van der Waals surface area contributed by atoms with E-state index in [1.54, 1.807) is 0 Å². The molecule has 4 rings (SSSR count). The van der Waals surface area contributed by atoms with Gasteiger partial charge in [0.05, 0.1) is 11.2 Å². The van der Waals surface area contributed by atoms with Crippen LogP contribution in [-0.2, 0) is 0 Å². The molecule has 3 heteroatoms. The van der Waals surface area contributed by atoms with Crippen molar-refractivity contribution in [3.05, 3.63) is 84.1 Å². The van der Waals surface area contributed by atoms with E-state index < -0.39 is 0 Å². The van der Waals surface area contributed by atoms with Gasteiger partial charge in [-0.2, -0.15) is 0 Å². The number of carbonyl (C=O) groups excluding carboxylic acids is 1. The summed E-state index contributed by atoms with van der Waals surface area (Å²) in [5.41, 5.74) is 3.11. The molecule has 1 aromatic heterocycles. The van der Waals surface area contributed by atoms with Crippen LogP contribution in [0.2, 0.25) is 0 Å². The van der Waals surface area contributed by atoms with Crippen LogP contribution in [0.15, 0.2) is 72.8 Å². The highest BCUT2D eigenvalue weighted by Gasteiger charge is 2.10. The first-order valence-corrected chi connectivity index (χ1v) is 7.87. The summed E-state index contributed by atoms with van der Waals surface area (Å²) < 4.78 is 0. The summed E-state index contributed by atoms with van der Waals surface area (Å²) in [6.07, 6.45) is 0. The smallest absolute Gasteiger partial charge is 0.255 e. The Kier molecular flexibility index (Phi) is 3.47. The number of para-hydroxylation sites is 1. The van der Waals surface area contributed by atoms with Gasteiger partial charge in [-0.15, -0.1) is 0 Å². The summed E-state index contributed by atoms with van der Waals surface area (Å²) in [4.78, 5) is 17.2. The summed E-state index contributed by atoms with van der Waals surface area (Å²) >= 11 is 0. The highest BCUT2D eigenvalue weighted by molar-refractivity contribution is 6.09. The standard InChI is InChI=1S/C21H16N2O/c1-14-9-10-16-7-4-8-19(20(16)22-14)23-21(24)18-12-11-15-5-2-3-6-17(15)13-18/h2-13H,1H3,(H,23,24). The predicted octanol–water partition coefficient (Wildman–Crippen LogP) is 4.95. The molecule has 1 amide bonds. The van der Waals surface area contributed by atoms with E-state index in [0.717, 1.165) is 33.1 Å². The van der Waals surface area contributed by atoms with E-state index in [4.69, 9.17) is 0 Å². The molecule has 0 aliphatic heterocycles. The molecule has 4 aromatic rings. The SMILES string of the molecule is Cc1ccc2cccc(NC(=O)c3ccc4ccccc4c3)c2n1. The fourth-order valence-electron chi connectivity index (χ4n) is 2.87. The molecule has 0 fully saturated rings. The van der Waals surface area contributed by atoms with Crippen LogP contribution in [0.4, 0.5) is 5.69 Å². The number of benzene rings is 3. The average molecular weight is 312 g/mol. The molecule has 0 bridgehead atoms. The number of carbonyl (C=O) groups is 1. The number of rotatable bonds is 2. The van der Waals surface area contributed by atoms with Crippen LogP contribution in [0, 0.1) is 6.92 Å². The molecular weight excluding hydrogens is 296 g/mol. The Morgan fingerprint density at radius 2 is 1.58 bits per heavy atom. The second-order valence-electron chi connectivity index (χ2n) is 5.85. The zero-order valence-corrected chi connectivity index (χ0v) is 13.3. The van der Waals surface area contributed by atoms with Crippen LogP contribution in [0.5, 0.6) is 0 Å². The van der Waals surface area contributed by atoms with E-state index in [1.807, 2.05) is 79.7 Å². The van der Waals surface area contributed by atoms with Crippen molar-refractivity contribution in [1.29, 1.82) is 0 Å². The molecule has 1 N–H and O–H groups in total. The number of hydrogen-bond acceptors (Lipinski definition) is 2. The molecule has 0 aliphatic rings. The first kappa shape index (κ1) is 14.4. The first-order valence-electron chi connectivity index (χ1n) is 7.87. The maximum absolute atomic E-state index is 12.6. The zero-order chi connectivity index (χ0) is 16.5. The van der Waals surface area contributed by atoms with Crippen LogP contribution in [-0.4, -0.2) is 10.9 Å². The lowest BCUT2D eigenvalue weighted by molar-refractivity contribution is 0.102. The quantitative estimate of drug-likeness (QED) is 0.569. The lowest BCUT2D eigenvalue weighted by Gasteiger charge is -2.09. The number of pyridine rings is 1. The van der Waals surface area contributed by atoms with Gasteiger partial charge in [-0.05, 0) is 42.0 Å². The second kappa shape index (κ2) is 5.78. The van der Waals surface area contributed by atoms with Gasteiger partial charge in [0.25, 0.3) is 5.91 Å². The third-order valence-corrected chi connectivity index (χ3v) is 4.12. The molecule has 0 saturated heterocycles. The molecule has 1 heterocycles. The minimum atomic E-state index is -0.128. The third-order valence-electron chi connectivity index (χ3n) is 4.12. The largest absolute Gasteiger partial charge is 0.320 e. The number of nitrogens with zero attached hydrogens (tertiary/aromatic N) is 1. The minimum Gasteiger partial charge on any atom is -0.320 e. The van der Waals surface area contributed by atoms with E-state index >= 15 is 0 Å². The van der Waals surface area contributed by atoms with Gasteiger partial charge in [0, 0.05) is 16.6 Å². The second-order valence-corrected chi connectivity index (χ2v) is 5.85. The van der Waals surface area contributed by atoms with Gasteiger partial charge < -0.3 is 5.32 Å². The molecule has 0 saturated carbocycles. The Balaban J connectivity index is 1.71. The molecule has 24 heavy (non-hydrogen) atoms.